The van der Waals surface area contributed by atoms with Gasteiger partial charge in [0.1, 0.15) is 5.01 Å². The first-order valence-electron chi connectivity index (χ1n) is 5.79. The Morgan fingerprint density at radius 2 is 2.33 bits per heavy atom. The number of hydrogen-bond donors (Lipinski definition) is 1. The Hall–Kier alpha value is -1.62. The molecule has 1 atom stereocenters. The molecule has 0 amide bonds. The Balaban J connectivity index is 2.08. The van der Waals surface area contributed by atoms with Crippen LogP contribution in [-0.4, -0.2) is 11.6 Å². The van der Waals surface area contributed by atoms with Crippen LogP contribution in [0.5, 0.6) is 5.75 Å². The third-order valence-corrected chi connectivity index (χ3v) is 3.39. The van der Waals surface area contributed by atoms with E-state index < -0.39 is 0 Å². The normalized spacial score (nSPS) is 12.2. The minimum absolute atomic E-state index is 0.0577. The first-order valence-corrected chi connectivity index (χ1v) is 6.67. The maximum absolute atomic E-state index is 13.7. The average molecular weight is 266 g/mol. The lowest BCUT2D eigenvalue weighted by molar-refractivity contribution is 0.321. The molecule has 2 rings (SSSR count). The van der Waals surface area contributed by atoms with Crippen molar-refractivity contribution in [2.45, 2.75) is 19.9 Å². The molecule has 3 nitrogen and oxygen atoms in total. The quantitative estimate of drug-likeness (QED) is 0.892. The number of ether oxygens (including phenoxy) is 1. The predicted octanol–water partition coefficient (Wildman–Crippen LogP) is 3.85. The van der Waals surface area contributed by atoms with Gasteiger partial charge in [0.15, 0.2) is 11.6 Å². The molecule has 0 aliphatic carbocycles. The highest BCUT2D eigenvalue weighted by molar-refractivity contribution is 7.09. The number of hydrogen-bond acceptors (Lipinski definition) is 4. The van der Waals surface area contributed by atoms with E-state index in [1.807, 2.05) is 19.2 Å². The maximum atomic E-state index is 13.7. The summed E-state index contributed by atoms with van der Waals surface area (Å²) in [5.41, 5.74) is 0.721. The van der Waals surface area contributed by atoms with E-state index in [2.05, 4.69) is 10.3 Å². The van der Waals surface area contributed by atoms with Gasteiger partial charge in [0.05, 0.1) is 12.6 Å². The lowest BCUT2D eigenvalue weighted by Gasteiger charge is -2.13. The summed E-state index contributed by atoms with van der Waals surface area (Å²) in [4.78, 5) is 4.22. The van der Waals surface area contributed by atoms with Gasteiger partial charge in [-0.2, -0.15) is 0 Å². The van der Waals surface area contributed by atoms with Crippen molar-refractivity contribution >= 4 is 17.0 Å². The van der Waals surface area contributed by atoms with Crippen molar-refractivity contribution < 1.29 is 9.13 Å². The second-order valence-electron chi connectivity index (χ2n) is 3.81. The molecule has 0 spiro atoms. The molecule has 1 aromatic carbocycles. The van der Waals surface area contributed by atoms with Crippen LogP contribution in [0.1, 0.15) is 24.9 Å². The lowest BCUT2D eigenvalue weighted by atomic mass is 10.2. The van der Waals surface area contributed by atoms with Crippen LogP contribution in [0.15, 0.2) is 29.8 Å². The highest BCUT2D eigenvalue weighted by Crippen LogP contribution is 2.25. The number of anilines is 1. The van der Waals surface area contributed by atoms with Crippen LogP contribution in [0, 0.1) is 5.82 Å². The molecule has 1 heterocycles. The Labute approximate surface area is 110 Å². The van der Waals surface area contributed by atoms with Crippen molar-refractivity contribution in [1.29, 1.82) is 0 Å². The van der Waals surface area contributed by atoms with Gasteiger partial charge in [-0.3, -0.25) is 0 Å². The zero-order valence-electron chi connectivity index (χ0n) is 10.3. The molecule has 1 aromatic heterocycles. The van der Waals surface area contributed by atoms with Crippen LogP contribution in [0.2, 0.25) is 0 Å². The van der Waals surface area contributed by atoms with E-state index in [0.717, 1.165) is 10.7 Å². The van der Waals surface area contributed by atoms with Gasteiger partial charge in [0.2, 0.25) is 0 Å². The van der Waals surface area contributed by atoms with Crippen LogP contribution < -0.4 is 10.1 Å². The summed E-state index contributed by atoms with van der Waals surface area (Å²) in [6, 6.07) is 4.94. The lowest BCUT2D eigenvalue weighted by Crippen LogP contribution is -2.06. The molecule has 0 aliphatic rings. The number of aromatic nitrogens is 1. The van der Waals surface area contributed by atoms with Crippen molar-refractivity contribution in [1.82, 2.24) is 4.98 Å². The molecule has 1 unspecified atom stereocenters. The summed E-state index contributed by atoms with van der Waals surface area (Å²) in [6.45, 7) is 4.28. The van der Waals surface area contributed by atoms with Crippen LogP contribution in [0.25, 0.3) is 0 Å². The summed E-state index contributed by atoms with van der Waals surface area (Å²) in [7, 11) is 0. The number of thiazole rings is 1. The van der Waals surface area contributed by atoms with Crippen molar-refractivity contribution in [2.24, 2.45) is 0 Å². The molecule has 0 radical (unpaired) electrons. The highest BCUT2D eigenvalue weighted by atomic mass is 32.1. The monoisotopic (exact) mass is 266 g/mol. The molecule has 0 bridgehead atoms. The molecule has 5 heteroatoms. The van der Waals surface area contributed by atoms with Crippen molar-refractivity contribution in [3.63, 3.8) is 0 Å². The van der Waals surface area contributed by atoms with Gasteiger partial charge in [-0.1, -0.05) is 0 Å². The van der Waals surface area contributed by atoms with Crippen molar-refractivity contribution in [3.05, 3.63) is 40.6 Å². The maximum Gasteiger partial charge on any atom is 0.167 e. The highest BCUT2D eigenvalue weighted by Gasteiger charge is 2.09. The van der Waals surface area contributed by atoms with Gasteiger partial charge in [-0.25, -0.2) is 9.37 Å². The Bertz CT molecular complexity index is 502. The van der Waals surface area contributed by atoms with Crippen LogP contribution >= 0.6 is 11.3 Å². The van der Waals surface area contributed by atoms with Gasteiger partial charge < -0.3 is 10.1 Å². The summed E-state index contributed by atoms with van der Waals surface area (Å²) >= 11 is 1.57. The number of halogens is 1. The molecular weight excluding hydrogens is 251 g/mol. The first kappa shape index (κ1) is 12.8. The van der Waals surface area contributed by atoms with E-state index in [0.29, 0.717) is 6.61 Å². The molecule has 0 aliphatic heterocycles. The summed E-state index contributed by atoms with van der Waals surface area (Å²) in [5, 5.41) is 6.11. The van der Waals surface area contributed by atoms with E-state index in [-0.39, 0.29) is 17.6 Å². The molecule has 0 saturated heterocycles. The van der Waals surface area contributed by atoms with Gasteiger partial charge >= 0.3 is 0 Å². The second kappa shape index (κ2) is 5.82. The Morgan fingerprint density at radius 3 is 2.94 bits per heavy atom. The number of benzene rings is 1. The summed E-state index contributed by atoms with van der Waals surface area (Å²) in [6.07, 6.45) is 1.76. The fraction of sp³-hybridized carbons (Fsp3) is 0.308. The third kappa shape index (κ3) is 2.98. The van der Waals surface area contributed by atoms with Crippen molar-refractivity contribution in [3.8, 4) is 5.75 Å². The molecule has 96 valence electrons. The molecule has 0 fully saturated rings. The first-order chi connectivity index (χ1) is 8.70. The van der Waals surface area contributed by atoms with E-state index >= 15 is 0 Å². The number of nitrogens with one attached hydrogen (secondary N) is 1. The number of nitrogens with zero attached hydrogens (tertiary/aromatic N) is 1. The largest absolute Gasteiger partial charge is 0.491 e. The van der Waals surface area contributed by atoms with Crippen molar-refractivity contribution in [2.75, 3.05) is 11.9 Å². The Morgan fingerprint density at radius 1 is 1.50 bits per heavy atom. The van der Waals surface area contributed by atoms with Crippen LogP contribution in [-0.2, 0) is 0 Å². The minimum Gasteiger partial charge on any atom is -0.491 e. The van der Waals surface area contributed by atoms with Crippen LogP contribution in [0.4, 0.5) is 10.1 Å². The fourth-order valence-electron chi connectivity index (χ4n) is 1.62. The predicted molar refractivity (Wildman–Crippen MR) is 71.7 cm³/mol. The van der Waals surface area contributed by atoms with Gasteiger partial charge in [0.25, 0.3) is 0 Å². The SMILES string of the molecule is CCOc1ccc(NC(C)c2nccs2)cc1F. The molecule has 18 heavy (non-hydrogen) atoms. The van der Waals surface area contributed by atoms with E-state index in [1.54, 1.807) is 29.7 Å². The van der Waals surface area contributed by atoms with Gasteiger partial charge in [0, 0.05) is 23.3 Å². The zero-order chi connectivity index (χ0) is 13.0. The van der Waals surface area contributed by atoms with E-state index in [9.17, 15) is 4.39 Å². The van der Waals surface area contributed by atoms with Gasteiger partial charge in [-0.05, 0) is 26.0 Å². The fourth-order valence-corrected chi connectivity index (χ4v) is 2.27. The third-order valence-electron chi connectivity index (χ3n) is 2.44. The summed E-state index contributed by atoms with van der Waals surface area (Å²) in [5.74, 6) is -0.0712. The van der Waals surface area contributed by atoms with E-state index in [1.165, 1.54) is 6.07 Å². The van der Waals surface area contributed by atoms with E-state index in [4.69, 9.17) is 4.74 Å². The standard InChI is InChI=1S/C13H15FN2OS/c1-3-17-12-5-4-10(8-11(12)14)16-9(2)13-15-6-7-18-13/h4-9,16H,3H2,1-2H3. The second-order valence-corrected chi connectivity index (χ2v) is 4.74. The minimum atomic E-state index is -0.354. The average Bonchev–Trinajstić information content (AvgIpc) is 2.86. The smallest absolute Gasteiger partial charge is 0.167 e. The van der Waals surface area contributed by atoms with Crippen LogP contribution in [0.3, 0.4) is 0 Å². The molecular formula is C13H15FN2OS. The zero-order valence-corrected chi connectivity index (χ0v) is 11.1. The Kier molecular flexibility index (Phi) is 4.15. The molecule has 1 N–H and O–H groups in total. The summed E-state index contributed by atoms with van der Waals surface area (Å²) < 4.78 is 18.8. The topological polar surface area (TPSA) is 34.1 Å². The molecule has 0 saturated carbocycles. The van der Waals surface area contributed by atoms with Gasteiger partial charge in [-0.15, -0.1) is 11.3 Å². The number of rotatable bonds is 5. The molecule has 2 aromatic rings.